The van der Waals surface area contributed by atoms with Crippen molar-refractivity contribution in [3.05, 3.63) is 27.5 Å². The van der Waals surface area contributed by atoms with E-state index in [1.165, 1.54) is 4.98 Å². The van der Waals surface area contributed by atoms with Crippen LogP contribution in [-0.4, -0.2) is 22.4 Å². The highest BCUT2D eigenvalue weighted by atomic mass is 19.4. The van der Waals surface area contributed by atoms with Crippen molar-refractivity contribution in [2.75, 3.05) is 0 Å². The smallest absolute Gasteiger partial charge is 0.477 e. The fourth-order valence-corrected chi connectivity index (χ4v) is 1.15. The van der Waals surface area contributed by atoms with Crippen LogP contribution in [0, 0.1) is 0 Å². The number of pyridine rings is 1. The summed E-state index contributed by atoms with van der Waals surface area (Å²) in [7, 11) is 0. The van der Waals surface area contributed by atoms with Gasteiger partial charge in [-0.25, -0.2) is 4.79 Å². The number of rotatable bonds is 2. The number of aromatic nitrogens is 1. The van der Waals surface area contributed by atoms with Gasteiger partial charge in [-0.3, -0.25) is 9.78 Å². The Morgan fingerprint density at radius 1 is 1.21 bits per heavy atom. The molecule has 0 aliphatic carbocycles. The number of aromatic amines is 1. The van der Waals surface area contributed by atoms with E-state index in [2.05, 4.69) is 4.74 Å². The summed E-state index contributed by atoms with van der Waals surface area (Å²) in [4.78, 5) is 22.8. The predicted molar refractivity (Wildman–Crippen MR) is 45.7 cm³/mol. The maximum absolute atomic E-state index is 12.4. The predicted octanol–water partition coefficient (Wildman–Crippen LogP) is 1.99. The van der Waals surface area contributed by atoms with Gasteiger partial charge in [-0.2, -0.15) is 13.2 Å². The lowest BCUT2D eigenvalue weighted by Crippen LogP contribution is -2.27. The Hall–Kier alpha value is -2.20. The number of H-pyrrole nitrogens is 1. The van der Waals surface area contributed by atoms with Gasteiger partial charge < -0.3 is 9.84 Å². The number of ether oxygens (including phenoxy) is 1. The van der Waals surface area contributed by atoms with Gasteiger partial charge >= 0.3 is 18.5 Å². The van der Waals surface area contributed by atoms with E-state index in [0.29, 0.717) is 0 Å². The number of nitrogens with one attached hydrogen (secondary N) is 1. The largest absolute Gasteiger partial charge is 0.574 e. The summed E-state index contributed by atoms with van der Waals surface area (Å²) in [6, 6.07) is -0.252. The van der Waals surface area contributed by atoms with Gasteiger partial charge in [-0.1, -0.05) is 0 Å². The standard InChI is InChI=1S/C8H3F6NO4/c9-7(10,11)2-1-3(19-8(12,13)14)15-5(16)4(2)6(17)18/h1H,(H,15,16)(H,17,18). The molecule has 0 aliphatic rings. The van der Waals surface area contributed by atoms with E-state index < -0.39 is 41.1 Å². The Morgan fingerprint density at radius 2 is 1.74 bits per heavy atom. The minimum atomic E-state index is -5.34. The van der Waals surface area contributed by atoms with Gasteiger partial charge in [0.15, 0.2) is 0 Å². The van der Waals surface area contributed by atoms with Crippen LogP contribution < -0.4 is 10.3 Å². The van der Waals surface area contributed by atoms with Gasteiger partial charge in [0, 0.05) is 6.07 Å². The highest BCUT2D eigenvalue weighted by molar-refractivity contribution is 5.89. The minimum absolute atomic E-state index is 0.252. The van der Waals surface area contributed by atoms with Gasteiger partial charge in [-0.05, 0) is 0 Å². The zero-order valence-corrected chi connectivity index (χ0v) is 8.52. The van der Waals surface area contributed by atoms with E-state index in [0.717, 1.165) is 0 Å². The monoisotopic (exact) mass is 291 g/mol. The molecule has 0 fully saturated rings. The molecule has 1 rings (SSSR count). The molecule has 106 valence electrons. The van der Waals surface area contributed by atoms with Crippen LogP contribution >= 0.6 is 0 Å². The highest BCUT2D eigenvalue weighted by Gasteiger charge is 2.39. The molecule has 0 saturated carbocycles. The van der Waals surface area contributed by atoms with Crippen LogP contribution in [-0.2, 0) is 6.18 Å². The fraction of sp³-hybridized carbons (Fsp3) is 0.250. The van der Waals surface area contributed by atoms with Crippen molar-refractivity contribution in [3.63, 3.8) is 0 Å². The van der Waals surface area contributed by atoms with Gasteiger partial charge in [0.1, 0.15) is 5.56 Å². The molecule has 0 radical (unpaired) electrons. The van der Waals surface area contributed by atoms with Gasteiger partial charge in [0.25, 0.3) is 5.56 Å². The number of aromatic carboxylic acids is 1. The molecule has 0 saturated heterocycles. The van der Waals surface area contributed by atoms with E-state index in [9.17, 15) is 35.9 Å². The van der Waals surface area contributed by atoms with Crippen LogP contribution in [0.5, 0.6) is 5.88 Å². The molecule has 0 aromatic carbocycles. The number of hydrogen-bond donors (Lipinski definition) is 2. The highest BCUT2D eigenvalue weighted by Crippen LogP contribution is 2.33. The first kappa shape index (κ1) is 14.9. The molecule has 1 aromatic heterocycles. The van der Waals surface area contributed by atoms with Crippen molar-refractivity contribution in [3.8, 4) is 5.88 Å². The molecule has 19 heavy (non-hydrogen) atoms. The van der Waals surface area contributed by atoms with Crippen molar-refractivity contribution >= 4 is 5.97 Å². The Labute approximate surface area is 99.0 Å². The number of halogens is 6. The van der Waals surface area contributed by atoms with Gasteiger partial charge in [-0.15, -0.1) is 13.2 Å². The first-order valence-electron chi connectivity index (χ1n) is 4.25. The van der Waals surface area contributed by atoms with E-state index in [1.54, 1.807) is 0 Å². The number of alkyl halides is 6. The molecular formula is C8H3F6NO4. The SMILES string of the molecule is O=C(O)c1c(C(F)(F)F)cc(OC(F)(F)F)[nH]c1=O. The van der Waals surface area contributed by atoms with Crippen molar-refractivity contribution < 1.29 is 41.0 Å². The first-order valence-corrected chi connectivity index (χ1v) is 4.25. The Bertz CT molecular complexity index is 558. The third kappa shape index (κ3) is 3.63. The molecule has 0 amide bonds. The molecule has 0 bridgehead atoms. The zero-order chi connectivity index (χ0) is 15.0. The summed E-state index contributed by atoms with van der Waals surface area (Å²) in [5.74, 6) is -3.79. The first-order chi connectivity index (χ1) is 8.42. The molecule has 0 unspecified atom stereocenters. The lowest BCUT2D eigenvalue weighted by molar-refractivity contribution is -0.276. The number of carboxylic acids is 1. The number of carbonyl (C=O) groups is 1. The molecule has 0 spiro atoms. The lowest BCUT2D eigenvalue weighted by atomic mass is 10.1. The second-order valence-corrected chi connectivity index (χ2v) is 3.10. The molecule has 0 atom stereocenters. The van der Waals surface area contributed by atoms with Crippen LogP contribution in [0.2, 0.25) is 0 Å². The Kier molecular flexibility index (Phi) is 3.50. The maximum atomic E-state index is 12.4. The lowest BCUT2D eigenvalue weighted by Gasteiger charge is -2.13. The average Bonchev–Trinajstić information content (AvgIpc) is 2.11. The van der Waals surface area contributed by atoms with Crippen LogP contribution in [0.3, 0.4) is 0 Å². The number of carboxylic acid groups (broad SMARTS) is 1. The molecule has 0 aliphatic heterocycles. The van der Waals surface area contributed by atoms with Crippen molar-refractivity contribution in [2.24, 2.45) is 0 Å². The average molecular weight is 291 g/mol. The second-order valence-electron chi connectivity index (χ2n) is 3.10. The minimum Gasteiger partial charge on any atom is -0.477 e. The summed E-state index contributed by atoms with van der Waals surface area (Å²) < 4.78 is 75.9. The van der Waals surface area contributed by atoms with Crippen LogP contribution in [0.4, 0.5) is 26.3 Å². The summed E-state index contributed by atoms with van der Waals surface area (Å²) in [5, 5.41) is 8.45. The number of hydrogen-bond acceptors (Lipinski definition) is 3. The summed E-state index contributed by atoms with van der Waals surface area (Å²) >= 11 is 0. The van der Waals surface area contributed by atoms with Gasteiger partial charge in [0.2, 0.25) is 5.88 Å². The topological polar surface area (TPSA) is 79.4 Å². The fourth-order valence-electron chi connectivity index (χ4n) is 1.15. The van der Waals surface area contributed by atoms with Crippen molar-refractivity contribution in [1.29, 1.82) is 0 Å². The maximum Gasteiger partial charge on any atom is 0.574 e. The molecule has 5 nitrogen and oxygen atoms in total. The van der Waals surface area contributed by atoms with Crippen LogP contribution in [0.1, 0.15) is 15.9 Å². The molecule has 1 aromatic rings. The third-order valence-corrected chi connectivity index (χ3v) is 1.75. The van der Waals surface area contributed by atoms with Crippen molar-refractivity contribution in [1.82, 2.24) is 4.98 Å². The van der Waals surface area contributed by atoms with Crippen LogP contribution in [0.25, 0.3) is 0 Å². The molecule has 11 heteroatoms. The molecule has 2 N–H and O–H groups in total. The Morgan fingerprint density at radius 3 is 2.11 bits per heavy atom. The Balaban J connectivity index is 3.49. The quantitative estimate of drug-likeness (QED) is 0.817. The van der Waals surface area contributed by atoms with E-state index >= 15 is 0 Å². The van der Waals surface area contributed by atoms with E-state index in [4.69, 9.17) is 5.11 Å². The van der Waals surface area contributed by atoms with Crippen molar-refractivity contribution in [2.45, 2.75) is 12.5 Å². The van der Waals surface area contributed by atoms with E-state index in [1.807, 2.05) is 0 Å². The summed E-state index contributed by atoms with van der Waals surface area (Å²) in [6.07, 6.45) is -10.7. The normalized spacial score (nSPS) is 12.3. The second kappa shape index (κ2) is 4.48. The van der Waals surface area contributed by atoms with Gasteiger partial charge in [0.05, 0.1) is 5.56 Å². The molecule has 1 heterocycles. The third-order valence-electron chi connectivity index (χ3n) is 1.75. The zero-order valence-electron chi connectivity index (χ0n) is 8.52. The molecular weight excluding hydrogens is 288 g/mol. The van der Waals surface area contributed by atoms with E-state index in [-0.39, 0.29) is 6.07 Å². The van der Waals surface area contributed by atoms with Crippen LogP contribution in [0.15, 0.2) is 10.9 Å². The summed E-state index contributed by atoms with van der Waals surface area (Å²) in [5.41, 5.74) is -5.62. The summed E-state index contributed by atoms with van der Waals surface area (Å²) in [6.45, 7) is 0.